The third-order valence-corrected chi connectivity index (χ3v) is 7.75. The second-order valence-corrected chi connectivity index (χ2v) is 12.6. The zero-order chi connectivity index (χ0) is 26.0. The number of para-hydroxylation sites is 1. The number of methoxy groups -OCH3 is 1. The Morgan fingerprint density at radius 1 is 1.11 bits per heavy atom. The van der Waals surface area contributed by atoms with E-state index in [1.165, 1.54) is 11.1 Å². The van der Waals surface area contributed by atoms with Gasteiger partial charge in [0.2, 0.25) is 5.95 Å². The largest absolute Gasteiger partial charge is 0.495 e. The molecule has 10 nitrogen and oxygen atoms in total. The Morgan fingerprint density at radius 2 is 1.86 bits per heavy atom. The van der Waals surface area contributed by atoms with Crippen molar-refractivity contribution in [3.05, 3.63) is 53.2 Å². The average molecular weight is 510 g/mol. The molecule has 2 aromatic carbocycles. The van der Waals surface area contributed by atoms with Crippen LogP contribution in [0.5, 0.6) is 5.75 Å². The molecule has 0 fully saturated rings. The number of fused-ring (bicyclic) bond motifs is 1. The number of rotatable bonds is 8. The summed E-state index contributed by atoms with van der Waals surface area (Å²) >= 11 is 0. The van der Waals surface area contributed by atoms with E-state index in [2.05, 4.69) is 44.6 Å². The number of amides is 1. The number of nitrogens with two attached hydrogens (primary N) is 1. The molecule has 1 aromatic heterocycles. The molecule has 0 radical (unpaired) electrons. The van der Waals surface area contributed by atoms with Crippen molar-refractivity contribution in [2.45, 2.75) is 32.9 Å². The van der Waals surface area contributed by atoms with Crippen molar-refractivity contribution in [2.75, 3.05) is 37.6 Å². The summed E-state index contributed by atoms with van der Waals surface area (Å²) in [5, 5.41) is 15.0. The van der Waals surface area contributed by atoms with Gasteiger partial charge in [-0.3, -0.25) is 9.69 Å². The van der Waals surface area contributed by atoms with E-state index < -0.39 is 13.0 Å². The summed E-state index contributed by atoms with van der Waals surface area (Å²) in [4.78, 5) is 19.0. The highest BCUT2D eigenvalue weighted by Crippen LogP contribution is 2.38. The van der Waals surface area contributed by atoms with E-state index in [1.54, 1.807) is 38.6 Å². The zero-order valence-electron chi connectivity index (χ0n) is 21.2. The Balaban J connectivity index is 1.70. The topological polar surface area (TPSA) is 135 Å². The summed E-state index contributed by atoms with van der Waals surface area (Å²) in [5.41, 5.74) is 9.11. The van der Waals surface area contributed by atoms with Crippen LogP contribution < -0.4 is 26.4 Å². The minimum atomic E-state index is -2.61. The number of carbonyl (C=O) groups is 1. The van der Waals surface area contributed by atoms with Crippen molar-refractivity contribution in [3.63, 3.8) is 0 Å². The van der Waals surface area contributed by atoms with Crippen molar-refractivity contribution >= 4 is 41.5 Å². The average Bonchev–Trinajstić information content (AvgIpc) is 2.83. The lowest BCUT2D eigenvalue weighted by molar-refractivity contribution is 0.0995. The number of nitrogens with one attached hydrogen (secondary N) is 2. The van der Waals surface area contributed by atoms with Crippen LogP contribution in [-0.4, -0.2) is 59.0 Å². The minimum Gasteiger partial charge on any atom is -0.495 e. The van der Waals surface area contributed by atoms with Crippen molar-refractivity contribution in [2.24, 2.45) is 5.73 Å². The molecule has 190 valence electrons. The van der Waals surface area contributed by atoms with E-state index in [-0.39, 0.29) is 17.5 Å². The van der Waals surface area contributed by atoms with E-state index in [0.29, 0.717) is 28.5 Å². The van der Waals surface area contributed by atoms with Gasteiger partial charge < -0.3 is 25.7 Å². The van der Waals surface area contributed by atoms with E-state index >= 15 is 0 Å². The van der Waals surface area contributed by atoms with E-state index in [0.717, 1.165) is 19.5 Å². The van der Waals surface area contributed by atoms with Gasteiger partial charge in [0.15, 0.2) is 11.5 Å². The Morgan fingerprint density at radius 3 is 2.53 bits per heavy atom. The molecule has 0 unspecified atom stereocenters. The molecule has 1 aliphatic heterocycles. The Bertz CT molecular complexity index is 1340. The van der Waals surface area contributed by atoms with Gasteiger partial charge in [0.05, 0.1) is 18.5 Å². The third kappa shape index (κ3) is 5.50. The molecule has 36 heavy (non-hydrogen) atoms. The predicted molar refractivity (Wildman–Crippen MR) is 143 cm³/mol. The zero-order valence-corrected chi connectivity index (χ0v) is 22.1. The number of benzene rings is 2. The fraction of sp³-hybridized carbons (Fsp3) is 0.360. The number of hydrogen-bond donors (Lipinski definition) is 3. The summed E-state index contributed by atoms with van der Waals surface area (Å²) in [6, 6.07) is 11.7. The second kappa shape index (κ2) is 10.2. The number of anilines is 4. The van der Waals surface area contributed by atoms with Crippen molar-refractivity contribution in [3.8, 4) is 5.75 Å². The van der Waals surface area contributed by atoms with Gasteiger partial charge >= 0.3 is 0 Å². The molecule has 2 heterocycles. The SMILES string of the molecule is COc1cc2c(cc1Nc1nnc(C(N)=O)c(Nc3ccccc3P(C)(C)=O)n1)CN(C(C)C)CC2. The Kier molecular flexibility index (Phi) is 7.28. The lowest BCUT2D eigenvalue weighted by Gasteiger charge is -2.32. The molecule has 1 aliphatic rings. The van der Waals surface area contributed by atoms with Gasteiger partial charge in [0.1, 0.15) is 12.9 Å². The van der Waals surface area contributed by atoms with Crippen molar-refractivity contribution in [1.29, 1.82) is 0 Å². The lowest BCUT2D eigenvalue weighted by Crippen LogP contribution is -2.35. The molecule has 0 aliphatic carbocycles. The smallest absolute Gasteiger partial charge is 0.273 e. The Labute approximate surface area is 211 Å². The van der Waals surface area contributed by atoms with Crippen LogP contribution in [-0.2, 0) is 17.5 Å². The normalized spacial score (nSPS) is 13.8. The second-order valence-electron chi connectivity index (χ2n) is 9.45. The first kappa shape index (κ1) is 25.6. The minimum absolute atomic E-state index is 0.115. The molecule has 0 saturated carbocycles. The molecular formula is C25H32N7O3P. The van der Waals surface area contributed by atoms with E-state index in [4.69, 9.17) is 10.5 Å². The summed E-state index contributed by atoms with van der Waals surface area (Å²) < 4.78 is 18.4. The number of ether oxygens (including phenoxy) is 1. The molecule has 4 N–H and O–H groups in total. The molecule has 0 saturated heterocycles. The number of hydrogen-bond acceptors (Lipinski definition) is 9. The van der Waals surface area contributed by atoms with E-state index in [9.17, 15) is 9.36 Å². The fourth-order valence-electron chi connectivity index (χ4n) is 4.24. The van der Waals surface area contributed by atoms with Gasteiger partial charge in [-0.25, -0.2) is 0 Å². The van der Waals surface area contributed by atoms with Crippen molar-refractivity contribution < 1.29 is 14.1 Å². The van der Waals surface area contributed by atoms with Crippen LogP contribution in [0.1, 0.15) is 35.5 Å². The highest BCUT2D eigenvalue weighted by molar-refractivity contribution is 7.70. The standard InChI is InChI=1S/C25H32N7O3P/c1-15(2)32-11-10-16-13-20(35-3)19(12-17(16)14-32)28-25-29-24(22(23(26)33)30-31-25)27-18-8-6-7-9-21(18)36(4,5)34/h6-9,12-13,15H,10-11,14H2,1-5H3,(H2,26,33)(H2,27,28,29,31). The Hall–Kier alpha value is -3.49. The predicted octanol–water partition coefficient (Wildman–Crippen LogP) is 3.48. The quantitative estimate of drug-likeness (QED) is 0.390. The van der Waals surface area contributed by atoms with Gasteiger partial charge in [0, 0.05) is 24.4 Å². The highest BCUT2D eigenvalue weighted by atomic mass is 31.2. The van der Waals surface area contributed by atoms with Gasteiger partial charge in [-0.1, -0.05) is 12.1 Å². The number of primary amides is 1. The summed E-state index contributed by atoms with van der Waals surface area (Å²) in [7, 11) is -0.997. The first-order chi connectivity index (χ1) is 17.1. The van der Waals surface area contributed by atoms with Gasteiger partial charge in [-0.15, -0.1) is 10.2 Å². The van der Waals surface area contributed by atoms with Crippen LogP contribution in [0.25, 0.3) is 0 Å². The number of carbonyl (C=O) groups excluding carboxylic acids is 1. The lowest BCUT2D eigenvalue weighted by atomic mass is 9.97. The molecule has 0 spiro atoms. The van der Waals surface area contributed by atoms with Crippen LogP contribution >= 0.6 is 7.14 Å². The highest BCUT2D eigenvalue weighted by Gasteiger charge is 2.23. The molecule has 1 amide bonds. The molecule has 4 rings (SSSR count). The third-order valence-electron chi connectivity index (χ3n) is 6.20. The maximum Gasteiger partial charge on any atom is 0.273 e. The monoisotopic (exact) mass is 509 g/mol. The number of nitrogens with zero attached hydrogens (tertiary/aromatic N) is 4. The van der Waals surface area contributed by atoms with Gasteiger partial charge in [0.25, 0.3) is 5.91 Å². The number of aromatic nitrogens is 3. The molecular weight excluding hydrogens is 477 g/mol. The van der Waals surface area contributed by atoms with Gasteiger partial charge in [-0.05, 0) is 69.0 Å². The van der Waals surface area contributed by atoms with Gasteiger partial charge in [-0.2, -0.15) is 4.98 Å². The van der Waals surface area contributed by atoms with Crippen molar-refractivity contribution in [1.82, 2.24) is 20.1 Å². The van der Waals surface area contributed by atoms with Crippen LogP contribution in [0.4, 0.5) is 23.1 Å². The van der Waals surface area contributed by atoms with Crippen LogP contribution in [0.2, 0.25) is 0 Å². The summed E-state index contributed by atoms with van der Waals surface area (Å²) in [6.45, 7) is 9.57. The summed E-state index contributed by atoms with van der Waals surface area (Å²) in [6.07, 6.45) is 0.946. The van der Waals surface area contributed by atoms with Crippen LogP contribution in [0, 0.1) is 0 Å². The first-order valence-corrected chi connectivity index (χ1v) is 14.3. The van der Waals surface area contributed by atoms with E-state index in [1.807, 2.05) is 18.2 Å². The summed E-state index contributed by atoms with van der Waals surface area (Å²) in [5.74, 6) is 0.152. The molecule has 11 heteroatoms. The molecule has 0 bridgehead atoms. The fourth-order valence-corrected chi connectivity index (χ4v) is 5.40. The maximum absolute atomic E-state index is 12.8. The van der Waals surface area contributed by atoms with Crippen LogP contribution in [0.15, 0.2) is 36.4 Å². The maximum atomic E-state index is 12.8. The van der Waals surface area contributed by atoms with Crippen LogP contribution in [0.3, 0.4) is 0 Å². The molecule has 0 atom stereocenters. The first-order valence-electron chi connectivity index (χ1n) is 11.7. The molecule has 3 aromatic rings.